The van der Waals surface area contributed by atoms with Crippen molar-refractivity contribution >= 4 is 17.9 Å². The summed E-state index contributed by atoms with van der Waals surface area (Å²) >= 11 is 0. The van der Waals surface area contributed by atoms with Crippen molar-refractivity contribution in [3.63, 3.8) is 0 Å². The molecule has 0 aromatic carbocycles. The van der Waals surface area contributed by atoms with E-state index in [-0.39, 0.29) is 31.1 Å². The van der Waals surface area contributed by atoms with Crippen LogP contribution in [0, 0.1) is 0 Å². The highest BCUT2D eigenvalue weighted by molar-refractivity contribution is 5.71. The smallest absolute Gasteiger partial charge is 0.306 e. The van der Waals surface area contributed by atoms with Crippen molar-refractivity contribution in [2.45, 2.75) is 271 Å². The number of ether oxygens (including phenoxy) is 3. The molecule has 0 aromatic rings. The highest BCUT2D eigenvalue weighted by Gasteiger charge is 2.19. The Kier molecular flexibility index (Phi) is 53.9. The van der Waals surface area contributed by atoms with Crippen LogP contribution in [-0.2, 0) is 28.6 Å². The van der Waals surface area contributed by atoms with Crippen LogP contribution in [0.5, 0.6) is 0 Å². The number of hydrogen-bond acceptors (Lipinski definition) is 6. The molecule has 0 amide bonds. The van der Waals surface area contributed by atoms with Gasteiger partial charge in [-0.2, -0.15) is 0 Å². The summed E-state index contributed by atoms with van der Waals surface area (Å²) in [6.45, 7) is 6.47. The Hall–Kier alpha value is -3.67. The predicted molar refractivity (Wildman–Crippen MR) is 297 cm³/mol. The third-order valence-corrected chi connectivity index (χ3v) is 12.0. The molecule has 0 heterocycles. The van der Waals surface area contributed by atoms with E-state index in [9.17, 15) is 14.4 Å². The normalized spacial score (nSPS) is 12.8. The van der Waals surface area contributed by atoms with Crippen molar-refractivity contribution in [2.75, 3.05) is 13.2 Å². The minimum Gasteiger partial charge on any atom is -0.462 e. The fourth-order valence-electron chi connectivity index (χ4n) is 7.73. The predicted octanol–water partition coefficient (Wildman–Crippen LogP) is 19.3. The van der Waals surface area contributed by atoms with E-state index in [0.717, 1.165) is 128 Å². The average molecular weight is 960 g/mol. The van der Waals surface area contributed by atoms with E-state index < -0.39 is 6.10 Å². The maximum Gasteiger partial charge on any atom is 0.306 e. The molecule has 1 atom stereocenters. The van der Waals surface area contributed by atoms with Crippen LogP contribution in [0.2, 0.25) is 0 Å². The van der Waals surface area contributed by atoms with Gasteiger partial charge in [0, 0.05) is 19.3 Å². The van der Waals surface area contributed by atoms with Crippen LogP contribution >= 0.6 is 0 Å². The Labute approximate surface area is 426 Å². The molecule has 1 unspecified atom stereocenters. The molecule has 0 aromatic heterocycles. The van der Waals surface area contributed by atoms with Crippen molar-refractivity contribution in [3.8, 4) is 0 Å². The van der Waals surface area contributed by atoms with Gasteiger partial charge in [0.1, 0.15) is 13.2 Å². The molecule has 0 rings (SSSR count). The molecule has 0 spiro atoms. The SMILES string of the molecule is CC/C=C\C/C=C\C/C=C\C/C=C\C/C=C\C/C=C\CCCCCCC(=O)OCC(COC(=O)CCCCCCC/C=C\CCCCCC)OC(=O)CCCCCCC/C=C\CCCCCCCC. The van der Waals surface area contributed by atoms with E-state index in [1.165, 1.54) is 96.3 Å². The van der Waals surface area contributed by atoms with Crippen molar-refractivity contribution < 1.29 is 28.6 Å². The molecular formula is C63H106O6. The summed E-state index contributed by atoms with van der Waals surface area (Å²) in [5.74, 6) is -0.934. The van der Waals surface area contributed by atoms with Crippen LogP contribution in [0.25, 0.3) is 0 Å². The lowest BCUT2D eigenvalue weighted by molar-refractivity contribution is -0.167. The number of allylic oxidation sites excluding steroid dienone is 16. The zero-order chi connectivity index (χ0) is 50.0. The number of hydrogen-bond donors (Lipinski definition) is 0. The summed E-state index contributed by atoms with van der Waals surface area (Å²) in [7, 11) is 0. The van der Waals surface area contributed by atoms with Gasteiger partial charge >= 0.3 is 17.9 Å². The second-order valence-corrected chi connectivity index (χ2v) is 18.8. The van der Waals surface area contributed by atoms with E-state index in [1.807, 2.05) is 0 Å². The van der Waals surface area contributed by atoms with E-state index in [2.05, 4.69) is 118 Å². The molecule has 0 aliphatic rings. The Morgan fingerprint density at radius 1 is 0.304 bits per heavy atom. The number of carbonyl (C=O) groups excluding carboxylic acids is 3. The summed E-state index contributed by atoms with van der Waals surface area (Å²) in [5, 5.41) is 0. The second kappa shape index (κ2) is 56.9. The van der Waals surface area contributed by atoms with Crippen molar-refractivity contribution in [1.29, 1.82) is 0 Å². The van der Waals surface area contributed by atoms with Gasteiger partial charge in [-0.25, -0.2) is 0 Å². The molecule has 0 bridgehead atoms. The summed E-state index contributed by atoms with van der Waals surface area (Å²) in [5.41, 5.74) is 0. The average Bonchev–Trinajstić information content (AvgIpc) is 3.35. The number of rotatable bonds is 51. The van der Waals surface area contributed by atoms with Crippen molar-refractivity contribution in [1.82, 2.24) is 0 Å². The minimum absolute atomic E-state index is 0.0936. The van der Waals surface area contributed by atoms with Gasteiger partial charge in [-0.1, -0.05) is 221 Å². The molecule has 0 aliphatic heterocycles. The first-order chi connectivity index (χ1) is 34.0. The first-order valence-corrected chi connectivity index (χ1v) is 28.7. The minimum atomic E-state index is -0.797. The third-order valence-electron chi connectivity index (χ3n) is 12.0. The van der Waals surface area contributed by atoms with E-state index in [1.54, 1.807) is 0 Å². The molecule has 0 radical (unpaired) electrons. The molecule has 0 saturated carbocycles. The molecule has 0 aliphatic carbocycles. The summed E-state index contributed by atoms with van der Waals surface area (Å²) in [6, 6.07) is 0. The maximum atomic E-state index is 12.8. The third kappa shape index (κ3) is 55.1. The molecule has 0 fully saturated rings. The van der Waals surface area contributed by atoms with Crippen molar-refractivity contribution in [3.05, 3.63) is 97.2 Å². The number of carbonyl (C=O) groups is 3. The largest absolute Gasteiger partial charge is 0.462 e. The zero-order valence-electron chi connectivity index (χ0n) is 45.0. The highest BCUT2D eigenvalue weighted by Crippen LogP contribution is 2.14. The summed E-state index contributed by atoms with van der Waals surface area (Å²) < 4.78 is 16.8. The second-order valence-electron chi connectivity index (χ2n) is 18.8. The Morgan fingerprint density at radius 3 is 0.913 bits per heavy atom. The lowest BCUT2D eigenvalue weighted by Gasteiger charge is -2.18. The Balaban J connectivity index is 4.43. The van der Waals surface area contributed by atoms with Gasteiger partial charge in [0.2, 0.25) is 0 Å². The van der Waals surface area contributed by atoms with Crippen molar-refractivity contribution in [2.24, 2.45) is 0 Å². The molecule has 394 valence electrons. The summed E-state index contributed by atoms with van der Waals surface area (Å²) in [6.07, 6.45) is 75.3. The lowest BCUT2D eigenvalue weighted by atomic mass is 10.1. The van der Waals surface area contributed by atoms with Gasteiger partial charge in [0.25, 0.3) is 0 Å². The highest BCUT2D eigenvalue weighted by atomic mass is 16.6. The van der Waals surface area contributed by atoms with Gasteiger partial charge in [-0.3, -0.25) is 14.4 Å². The van der Waals surface area contributed by atoms with Gasteiger partial charge in [-0.05, 0) is 122 Å². The van der Waals surface area contributed by atoms with E-state index in [4.69, 9.17) is 14.2 Å². The standard InChI is InChI=1S/C63H106O6/c1-4-7-10-13-16-19-22-25-27-28-29-30-31-32-33-34-36-38-41-44-47-50-53-56-62(65)68-59-60(58-67-61(64)55-52-49-46-43-40-37-24-21-18-15-12-9-6-3)69-63(66)57-54-51-48-45-42-39-35-26-23-20-17-14-11-8-5-2/h7,10,16,19,21,24-27,29-30,32-33,35-36,38,60H,4-6,8-9,11-15,17-18,20,22-23,28,31,34,37,39-59H2,1-3H3/b10-7-,19-16-,24-21-,27-25-,30-29-,33-32-,35-26-,38-36-. The van der Waals surface area contributed by atoms with Crippen LogP contribution in [-0.4, -0.2) is 37.2 Å². The van der Waals surface area contributed by atoms with Crippen LogP contribution in [0.3, 0.4) is 0 Å². The zero-order valence-corrected chi connectivity index (χ0v) is 45.0. The topological polar surface area (TPSA) is 78.9 Å². The van der Waals surface area contributed by atoms with Gasteiger partial charge in [0.15, 0.2) is 6.10 Å². The van der Waals surface area contributed by atoms with Gasteiger partial charge in [0.05, 0.1) is 0 Å². The molecule has 69 heavy (non-hydrogen) atoms. The van der Waals surface area contributed by atoms with Gasteiger partial charge in [-0.15, -0.1) is 0 Å². The monoisotopic (exact) mass is 959 g/mol. The molecule has 6 heteroatoms. The van der Waals surface area contributed by atoms with Gasteiger partial charge < -0.3 is 14.2 Å². The first-order valence-electron chi connectivity index (χ1n) is 28.7. The van der Waals surface area contributed by atoms with Crippen LogP contribution in [0.1, 0.15) is 265 Å². The quantitative estimate of drug-likeness (QED) is 0.0262. The van der Waals surface area contributed by atoms with Crippen LogP contribution < -0.4 is 0 Å². The Bertz CT molecular complexity index is 1380. The van der Waals surface area contributed by atoms with Crippen LogP contribution in [0.4, 0.5) is 0 Å². The van der Waals surface area contributed by atoms with Crippen LogP contribution in [0.15, 0.2) is 97.2 Å². The molecule has 0 saturated heterocycles. The molecular weight excluding hydrogens is 853 g/mol. The lowest BCUT2D eigenvalue weighted by Crippen LogP contribution is -2.30. The summed E-state index contributed by atoms with van der Waals surface area (Å²) in [4.78, 5) is 38.1. The number of unbranched alkanes of at least 4 members (excludes halogenated alkanes) is 24. The maximum absolute atomic E-state index is 12.8. The number of esters is 3. The molecule has 0 N–H and O–H groups in total. The fraction of sp³-hybridized carbons (Fsp3) is 0.698. The molecule has 6 nitrogen and oxygen atoms in total. The van der Waals surface area contributed by atoms with E-state index >= 15 is 0 Å². The first kappa shape index (κ1) is 65.3. The van der Waals surface area contributed by atoms with E-state index in [0.29, 0.717) is 19.3 Å². The Morgan fingerprint density at radius 2 is 0.565 bits per heavy atom. The fourth-order valence-corrected chi connectivity index (χ4v) is 7.73.